The Balaban J connectivity index is 1.74. The van der Waals surface area contributed by atoms with E-state index in [0.717, 1.165) is 22.6 Å². The predicted molar refractivity (Wildman–Crippen MR) is 95.2 cm³/mol. The van der Waals surface area contributed by atoms with Crippen LogP contribution in [0.3, 0.4) is 0 Å². The molecule has 2 heterocycles. The molecule has 5 nitrogen and oxygen atoms in total. The number of ether oxygens (including phenoxy) is 1. The van der Waals surface area contributed by atoms with Gasteiger partial charge in [-0.2, -0.15) is 0 Å². The molecule has 0 fully saturated rings. The standard InChI is InChI=1S/C18H16N2O3S/c1-12-5-7-16(22-2)14(10-12)15-11-24-18(19-15)20-17(21)8-6-13-4-3-9-23-13/h3-11H,1-2H3,(H,19,20,21)/b8-6+. The molecule has 1 N–H and O–H groups in total. The predicted octanol–water partition coefficient (Wildman–Crippen LogP) is 4.37. The number of hydrogen-bond acceptors (Lipinski definition) is 5. The van der Waals surface area contributed by atoms with E-state index in [1.54, 1.807) is 31.6 Å². The second kappa shape index (κ2) is 7.14. The zero-order valence-electron chi connectivity index (χ0n) is 13.3. The van der Waals surface area contributed by atoms with Crippen molar-refractivity contribution < 1.29 is 13.9 Å². The Bertz CT molecular complexity index is 866. The number of amides is 1. The summed E-state index contributed by atoms with van der Waals surface area (Å²) >= 11 is 1.37. The van der Waals surface area contributed by atoms with Gasteiger partial charge in [-0.3, -0.25) is 10.1 Å². The lowest BCUT2D eigenvalue weighted by atomic mass is 10.1. The number of anilines is 1. The molecule has 0 saturated heterocycles. The topological polar surface area (TPSA) is 64.4 Å². The van der Waals surface area contributed by atoms with Crippen molar-refractivity contribution in [2.24, 2.45) is 0 Å². The van der Waals surface area contributed by atoms with Crippen molar-refractivity contribution in [1.82, 2.24) is 4.98 Å². The summed E-state index contributed by atoms with van der Waals surface area (Å²) in [5.74, 6) is 1.11. The first-order chi connectivity index (χ1) is 11.7. The molecule has 0 bridgehead atoms. The number of furan rings is 1. The molecule has 0 saturated carbocycles. The van der Waals surface area contributed by atoms with E-state index in [1.807, 2.05) is 30.5 Å². The van der Waals surface area contributed by atoms with Gasteiger partial charge in [0, 0.05) is 17.0 Å². The van der Waals surface area contributed by atoms with E-state index in [2.05, 4.69) is 10.3 Å². The lowest BCUT2D eigenvalue weighted by Gasteiger charge is -2.06. The molecule has 24 heavy (non-hydrogen) atoms. The molecule has 3 rings (SSSR count). The van der Waals surface area contributed by atoms with Gasteiger partial charge < -0.3 is 9.15 Å². The van der Waals surface area contributed by atoms with Gasteiger partial charge in [-0.1, -0.05) is 11.6 Å². The first-order valence-electron chi connectivity index (χ1n) is 7.29. The maximum atomic E-state index is 11.9. The van der Waals surface area contributed by atoms with Crippen LogP contribution in [0.2, 0.25) is 0 Å². The van der Waals surface area contributed by atoms with Crippen LogP contribution in [0.25, 0.3) is 17.3 Å². The molecular weight excluding hydrogens is 324 g/mol. The summed E-state index contributed by atoms with van der Waals surface area (Å²) in [7, 11) is 1.63. The Labute approximate surface area is 143 Å². The quantitative estimate of drug-likeness (QED) is 0.700. The van der Waals surface area contributed by atoms with E-state index in [4.69, 9.17) is 9.15 Å². The lowest BCUT2D eigenvalue weighted by molar-refractivity contribution is -0.111. The molecular formula is C18H16N2O3S. The number of aryl methyl sites for hydroxylation is 1. The van der Waals surface area contributed by atoms with Gasteiger partial charge in [-0.25, -0.2) is 4.98 Å². The summed E-state index contributed by atoms with van der Waals surface area (Å²) in [5, 5.41) is 5.17. The molecule has 0 unspecified atom stereocenters. The minimum Gasteiger partial charge on any atom is -0.496 e. The zero-order valence-corrected chi connectivity index (χ0v) is 14.1. The fourth-order valence-electron chi connectivity index (χ4n) is 2.17. The normalized spacial score (nSPS) is 10.9. The fourth-order valence-corrected chi connectivity index (χ4v) is 2.88. The highest BCUT2D eigenvalue weighted by atomic mass is 32.1. The van der Waals surface area contributed by atoms with Crippen molar-refractivity contribution in [3.8, 4) is 17.0 Å². The monoisotopic (exact) mass is 340 g/mol. The van der Waals surface area contributed by atoms with E-state index >= 15 is 0 Å². The second-order valence-corrected chi connectivity index (χ2v) is 5.94. The van der Waals surface area contributed by atoms with E-state index in [1.165, 1.54) is 17.4 Å². The van der Waals surface area contributed by atoms with Gasteiger partial charge in [-0.15, -0.1) is 11.3 Å². The van der Waals surface area contributed by atoms with Crippen LogP contribution in [0.15, 0.2) is 52.5 Å². The number of carbonyl (C=O) groups is 1. The third-order valence-corrected chi connectivity index (χ3v) is 4.07. The van der Waals surface area contributed by atoms with Crippen LogP contribution in [-0.2, 0) is 4.79 Å². The molecule has 0 atom stereocenters. The number of thiazole rings is 1. The molecule has 1 amide bonds. The van der Waals surface area contributed by atoms with Crippen LogP contribution >= 0.6 is 11.3 Å². The SMILES string of the molecule is COc1ccc(C)cc1-c1csc(NC(=O)/C=C/c2ccco2)n1. The summed E-state index contributed by atoms with van der Waals surface area (Å²) in [4.78, 5) is 16.4. The van der Waals surface area contributed by atoms with Crippen LogP contribution in [0.5, 0.6) is 5.75 Å². The van der Waals surface area contributed by atoms with Crippen LogP contribution in [0.4, 0.5) is 5.13 Å². The highest BCUT2D eigenvalue weighted by molar-refractivity contribution is 7.14. The number of nitrogens with zero attached hydrogens (tertiary/aromatic N) is 1. The Morgan fingerprint density at radius 2 is 2.25 bits per heavy atom. The minimum absolute atomic E-state index is 0.261. The zero-order chi connectivity index (χ0) is 16.9. The lowest BCUT2D eigenvalue weighted by Crippen LogP contribution is -2.07. The molecule has 1 aromatic carbocycles. The summed E-state index contributed by atoms with van der Waals surface area (Å²) in [6, 6.07) is 9.44. The highest BCUT2D eigenvalue weighted by Crippen LogP contribution is 2.32. The van der Waals surface area contributed by atoms with Crippen molar-refractivity contribution in [1.29, 1.82) is 0 Å². The smallest absolute Gasteiger partial charge is 0.250 e. The molecule has 0 radical (unpaired) electrons. The van der Waals surface area contributed by atoms with Gasteiger partial charge in [0.05, 0.1) is 19.1 Å². The minimum atomic E-state index is -0.261. The summed E-state index contributed by atoms with van der Waals surface area (Å²) in [5.41, 5.74) is 2.79. The summed E-state index contributed by atoms with van der Waals surface area (Å²) < 4.78 is 10.5. The average molecular weight is 340 g/mol. The number of rotatable bonds is 5. The molecule has 0 aliphatic heterocycles. The number of benzene rings is 1. The summed E-state index contributed by atoms with van der Waals surface area (Å²) in [6.07, 6.45) is 4.57. The molecule has 6 heteroatoms. The van der Waals surface area contributed by atoms with Crippen molar-refractivity contribution in [3.63, 3.8) is 0 Å². The largest absolute Gasteiger partial charge is 0.496 e. The number of nitrogens with one attached hydrogen (secondary N) is 1. The fraction of sp³-hybridized carbons (Fsp3) is 0.111. The van der Waals surface area contributed by atoms with Crippen molar-refractivity contribution in [2.75, 3.05) is 12.4 Å². The maximum Gasteiger partial charge on any atom is 0.250 e. The molecule has 0 aliphatic carbocycles. The van der Waals surface area contributed by atoms with Gasteiger partial charge in [0.1, 0.15) is 11.5 Å². The van der Waals surface area contributed by atoms with Gasteiger partial charge in [0.2, 0.25) is 5.91 Å². The third kappa shape index (κ3) is 3.72. The third-order valence-electron chi connectivity index (χ3n) is 3.31. The van der Waals surface area contributed by atoms with E-state index in [0.29, 0.717) is 10.9 Å². The Morgan fingerprint density at radius 3 is 3.00 bits per heavy atom. The Morgan fingerprint density at radius 1 is 1.38 bits per heavy atom. The maximum absolute atomic E-state index is 11.9. The molecule has 3 aromatic rings. The molecule has 0 aliphatic rings. The number of carbonyl (C=O) groups excluding carboxylic acids is 1. The van der Waals surface area contributed by atoms with E-state index in [-0.39, 0.29) is 5.91 Å². The summed E-state index contributed by atoms with van der Waals surface area (Å²) in [6.45, 7) is 2.01. The van der Waals surface area contributed by atoms with Gasteiger partial charge in [0.25, 0.3) is 0 Å². The highest BCUT2D eigenvalue weighted by Gasteiger charge is 2.11. The van der Waals surface area contributed by atoms with E-state index < -0.39 is 0 Å². The molecule has 0 spiro atoms. The van der Waals surface area contributed by atoms with E-state index in [9.17, 15) is 4.79 Å². The van der Waals surface area contributed by atoms with Gasteiger partial charge in [-0.05, 0) is 37.3 Å². The van der Waals surface area contributed by atoms with Crippen LogP contribution in [0, 0.1) is 6.92 Å². The van der Waals surface area contributed by atoms with Gasteiger partial charge >= 0.3 is 0 Å². The first kappa shape index (κ1) is 16.0. The molecule has 2 aromatic heterocycles. The van der Waals surface area contributed by atoms with Gasteiger partial charge in [0.15, 0.2) is 5.13 Å². The molecule has 122 valence electrons. The van der Waals surface area contributed by atoms with Crippen molar-refractivity contribution in [3.05, 3.63) is 59.4 Å². The number of aromatic nitrogens is 1. The number of hydrogen-bond donors (Lipinski definition) is 1. The van der Waals surface area contributed by atoms with Crippen molar-refractivity contribution >= 4 is 28.5 Å². The number of methoxy groups -OCH3 is 1. The Hall–Kier alpha value is -2.86. The first-order valence-corrected chi connectivity index (χ1v) is 8.17. The van der Waals surface area contributed by atoms with Crippen LogP contribution in [-0.4, -0.2) is 18.0 Å². The van der Waals surface area contributed by atoms with Crippen LogP contribution < -0.4 is 10.1 Å². The second-order valence-electron chi connectivity index (χ2n) is 5.08. The van der Waals surface area contributed by atoms with Crippen LogP contribution in [0.1, 0.15) is 11.3 Å². The Kier molecular flexibility index (Phi) is 4.77. The average Bonchev–Trinajstić information content (AvgIpc) is 3.24. The van der Waals surface area contributed by atoms with Crippen molar-refractivity contribution in [2.45, 2.75) is 6.92 Å².